The van der Waals surface area contributed by atoms with E-state index in [1.54, 1.807) is 0 Å². The Labute approximate surface area is 180 Å². The molecule has 0 amide bonds. The Morgan fingerprint density at radius 3 is 2.74 bits per heavy atom. The third-order valence-corrected chi connectivity index (χ3v) is 5.41. The summed E-state index contributed by atoms with van der Waals surface area (Å²) in [6.45, 7) is 2.98. The maximum absolute atomic E-state index is 13.6. The Hall–Kier alpha value is -2.76. The van der Waals surface area contributed by atoms with E-state index in [4.69, 9.17) is 14.5 Å². The lowest BCUT2D eigenvalue weighted by molar-refractivity contribution is -0.138. The number of nitriles is 1. The van der Waals surface area contributed by atoms with Gasteiger partial charge in [-0.3, -0.25) is 4.90 Å². The van der Waals surface area contributed by atoms with Crippen LogP contribution in [0.1, 0.15) is 75.8 Å². The summed E-state index contributed by atoms with van der Waals surface area (Å²) in [5.74, 6) is 0.110. The van der Waals surface area contributed by atoms with E-state index in [1.165, 1.54) is 23.5 Å². The van der Waals surface area contributed by atoms with Gasteiger partial charge < -0.3 is 9.26 Å². The SMILES string of the molecule is CCCCCCCCOc1ccc(-c2noc(C3CCCN3C#N)n2)cc1C(F)(F)F. The number of likely N-dealkylation sites (tertiary alicyclic amines) is 1. The van der Waals surface area contributed by atoms with Crippen molar-refractivity contribution in [2.24, 2.45) is 0 Å². The van der Waals surface area contributed by atoms with Crippen LogP contribution in [0.15, 0.2) is 22.7 Å². The zero-order chi connectivity index (χ0) is 22.3. The molecule has 0 saturated carbocycles. The molecule has 6 nitrogen and oxygen atoms in total. The second-order valence-corrected chi connectivity index (χ2v) is 7.73. The molecule has 0 spiro atoms. The molecule has 1 aliphatic heterocycles. The molecular weight excluding hydrogens is 409 g/mol. The van der Waals surface area contributed by atoms with Crippen LogP contribution in [0.25, 0.3) is 11.4 Å². The van der Waals surface area contributed by atoms with Crippen LogP contribution in [-0.2, 0) is 6.18 Å². The first kappa shape index (κ1) is 22.9. The van der Waals surface area contributed by atoms with Crippen LogP contribution >= 0.6 is 0 Å². The van der Waals surface area contributed by atoms with E-state index >= 15 is 0 Å². The van der Waals surface area contributed by atoms with Gasteiger partial charge >= 0.3 is 6.18 Å². The average molecular weight is 436 g/mol. The molecule has 0 bridgehead atoms. The molecule has 1 saturated heterocycles. The highest BCUT2D eigenvalue weighted by Crippen LogP contribution is 2.39. The van der Waals surface area contributed by atoms with Gasteiger partial charge in [0.1, 0.15) is 11.8 Å². The van der Waals surface area contributed by atoms with Crippen molar-refractivity contribution < 1.29 is 22.4 Å². The lowest BCUT2D eigenvalue weighted by Gasteiger charge is -2.15. The Bertz CT molecular complexity index is 892. The lowest BCUT2D eigenvalue weighted by Crippen LogP contribution is -2.17. The predicted octanol–water partition coefficient (Wildman–Crippen LogP) is 6.11. The molecule has 31 heavy (non-hydrogen) atoms. The second kappa shape index (κ2) is 10.5. The van der Waals surface area contributed by atoms with Gasteiger partial charge in [0.05, 0.1) is 12.2 Å². The Morgan fingerprint density at radius 1 is 1.23 bits per heavy atom. The first-order valence-corrected chi connectivity index (χ1v) is 10.8. The van der Waals surface area contributed by atoms with Crippen molar-refractivity contribution in [1.29, 1.82) is 5.26 Å². The number of halogens is 3. The maximum atomic E-state index is 13.6. The minimum atomic E-state index is -4.57. The number of hydrogen-bond donors (Lipinski definition) is 0. The van der Waals surface area contributed by atoms with Crippen LogP contribution in [0.4, 0.5) is 13.2 Å². The number of aromatic nitrogens is 2. The average Bonchev–Trinajstić information content (AvgIpc) is 3.41. The summed E-state index contributed by atoms with van der Waals surface area (Å²) in [5, 5.41) is 13.0. The zero-order valence-corrected chi connectivity index (χ0v) is 17.6. The van der Waals surface area contributed by atoms with Gasteiger partial charge in [0.25, 0.3) is 0 Å². The molecule has 1 atom stereocenters. The standard InChI is InChI=1S/C22H27F3N4O2/c1-2-3-4-5-6-7-13-30-19-11-10-16(14-17(19)22(23,24)25)20-27-21(31-28-20)18-9-8-12-29(18)15-26/h10-11,14,18H,2-9,12-13H2,1H3. The minimum absolute atomic E-state index is 0.0627. The smallest absolute Gasteiger partial charge is 0.419 e. The highest BCUT2D eigenvalue weighted by molar-refractivity contribution is 5.59. The largest absolute Gasteiger partial charge is 0.493 e. The number of unbranched alkanes of at least 4 members (excludes halogenated alkanes) is 5. The van der Waals surface area contributed by atoms with E-state index in [0.717, 1.165) is 38.2 Å². The van der Waals surface area contributed by atoms with Crippen LogP contribution < -0.4 is 4.74 Å². The van der Waals surface area contributed by atoms with Crippen LogP contribution in [0.5, 0.6) is 5.75 Å². The van der Waals surface area contributed by atoms with E-state index in [1.807, 2.05) is 0 Å². The Balaban J connectivity index is 1.70. The quantitative estimate of drug-likeness (QED) is 0.330. The normalized spacial score (nSPS) is 16.5. The third-order valence-electron chi connectivity index (χ3n) is 5.41. The van der Waals surface area contributed by atoms with Gasteiger partial charge in [-0.05, 0) is 37.5 Å². The zero-order valence-electron chi connectivity index (χ0n) is 17.6. The monoisotopic (exact) mass is 436 g/mol. The van der Waals surface area contributed by atoms with Gasteiger partial charge in [0.15, 0.2) is 6.19 Å². The topological polar surface area (TPSA) is 75.2 Å². The van der Waals surface area contributed by atoms with Crippen molar-refractivity contribution >= 4 is 0 Å². The number of rotatable bonds is 10. The first-order chi connectivity index (χ1) is 14.9. The van der Waals surface area contributed by atoms with Crippen molar-refractivity contribution in [1.82, 2.24) is 15.0 Å². The highest BCUT2D eigenvalue weighted by Gasteiger charge is 2.35. The first-order valence-electron chi connectivity index (χ1n) is 10.8. The van der Waals surface area contributed by atoms with Gasteiger partial charge in [-0.25, -0.2) is 0 Å². The molecule has 0 aliphatic carbocycles. The van der Waals surface area contributed by atoms with Crippen molar-refractivity contribution in [3.63, 3.8) is 0 Å². The highest BCUT2D eigenvalue weighted by atomic mass is 19.4. The molecule has 1 aromatic carbocycles. The maximum Gasteiger partial charge on any atom is 0.419 e. The van der Waals surface area contributed by atoms with E-state index < -0.39 is 11.7 Å². The summed E-state index contributed by atoms with van der Waals surface area (Å²) in [4.78, 5) is 5.79. The lowest BCUT2D eigenvalue weighted by atomic mass is 10.1. The Morgan fingerprint density at radius 2 is 2.00 bits per heavy atom. The van der Waals surface area contributed by atoms with Crippen molar-refractivity contribution in [3.8, 4) is 23.3 Å². The summed E-state index contributed by atoms with van der Waals surface area (Å²) in [6.07, 6.45) is 5.19. The molecule has 2 heterocycles. The van der Waals surface area contributed by atoms with Crippen LogP contribution in [0.3, 0.4) is 0 Å². The van der Waals surface area contributed by atoms with Gasteiger partial charge in [0, 0.05) is 12.1 Å². The van der Waals surface area contributed by atoms with Crippen LogP contribution in [0.2, 0.25) is 0 Å². The molecule has 2 aromatic rings. The van der Waals surface area contributed by atoms with Crippen LogP contribution in [0, 0.1) is 11.5 Å². The summed E-state index contributed by atoms with van der Waals surface area (Å²) in [5.41, 5.74) is -0.669. The van der Waals surface area contributed by atoms with E-state index in [2.05, 4.69) is 23.3 Å². The molecule has 168 valence electrons. The summed E-state index contributed by atoms with van der Waals surface area (Å²) in [6, 6.07) is 3.47. The van der Waals surface area contributed by atoms with Crippen molar-refractivity contribution in [2.45, 2.75) is 70.5 Å². The van der Waals surface area contributed by atoms with Gasteiger partial charge in [-0.1, -0.05) is 44.2 Å². The predicted molar refractivity (Wildman–Crippen MR) is 108 cm³/mol. The molecule has 1 aromatic heterocycles. The van der Waals surface area contributed by atoms with E-state index in [0.29, 0.717) is 19.4 Å². The van der Waals surface area contributed by atoms with E-state index in [9.17, 15) is 13.2 Å². The van der Waals surface area contributed by atoms with Gasteiger partial charge in [0.2, 0.25) is 11.7 Å². The molecule has 0 radical (unpaired) electrons. The number of alkyl halides is 3. The molecule has 1 fully saturated rings. The molecule has 1 unspecified atom stereocenters. The fourth-order valence-electron chi connectivity index (χ4n) is 3.71. The number of nitrogens with zero attached hydrogens (tertiary/aromatic N) is 4. The summed E-state index contributed by atoms with van der Waals surface area (Å²) < 4.78 is 51.6. The summed E-state index contributed by atoms with van der Waals surface area (Å²) in [7, 11) is 0. The molecule has 9 heteroatoms. The van der Waals surface area contributed by atoms with Gasteiger partial charge in [-0.15, -0.1) is 0 Å². The summed E-state index contributed by atoms with van der Waals surface area (Å²) >= 11 is 0. The third kappa shape index (κ3) is 5.90. The number of benzene rings is 1. The van der Waals surface area contributed by atoms with Crippen molar-refractivity contribution in [2.75, 3.05) is 13.2 Å². The molecule has 1 aliphatic rings. The molecule has 0 N–H and O–H groups in total. The van der Waals surface area contributed by atoms with Crippen molar-refractivity contribution in [3.05, 3.63) is 29.7 Å². The molecular formula is C22H27F3N4O2. The fourth-order valence-corrected chi connectivity index (χ4v) is 3.71. The molecule has 3 rings (SSSR count). The van der Waals surface area contributed by atoms with E-state index in [-0.39, 0.29) is 35.7 Å². The number of hydrogen-bond acceptors (Lipinski definition) is 6. The minimum Gasteiger partial charge on any atom is -0.493 e. The number of ether oxygens (including phenoxy) is 1. The second-order valence-electron chi connectivity index (χ2n) is 7.73. The van der Waals surface area contributed by atoms with Crippen LogP contribution in [-0.4, -0.2) is 28.2 Å². The fraction of sp³-hybridized carbons (Fsp3) is 0.591. The van der Waals surface area contributed by atoms with Gasteiger partial charge in [-0.2, -0.15) is 23.4 Å². The Kier molecular flexibility index (Phi) is 7.77.